The molecule has 0 aliphatic carbocycles. The second-order valence-corrected chi connectivity index (χ2v) is 2.79. The van der Waals surface area contributed by atoms with Crippen molar-refractivity contribution in [3.05, 3.63) is 60.1 Å². The maximum atomic E-state index is 8.88. The van der Waals surface area contributed by atoms with E-state index >= 15 is 0 Å². The quantitative estimate of drug-likeness (QED) is 0.446. The Bertz CT molecular complexity index is 418. The minimum Gasteiger partial charge on any atom is -0.463 e. The molecule has 0 bridgehead atoms. The first-order chi connectivity index (χ1) is 6.92. The summed E-state index contributed by atoms with van der Waals surface area (Å²) >= 11 is 0. The lowest BCUT2D eigenvalue weighted by Gasteiger charge is -1.99. The van der Waals surface area contributed by atoms with Crippen molar-refractivity contribution in [2.75, 3.05) is 0 Å². The molecule has 0 aliphatic heterocycles. The smallest absolute Gasteiger partial charge is 0.156 e. The first kappa shape index (κ1) is 8.56. The molecule has 3 heteroatoms. The lowest BCUT2D eigenvalue weighted by molar-refractivity contribution is 0.318. The molecular weight excluding hydrogens is 178 g/mol. The van der Waals surface area contributed by atoms with Gasteiger partial charge in [0.1, 0.15) is 0 Å². The van der Waals surface area contributed by atoms with Crippen molar-refractivity contribution in [2.45, 2.75) is 0 Å². The van der Waals surface area contributed by atoms with E-state index in [9.17, 15) is 0 Å². The lowest BCUT2D eigenvalue weighted by atomic mass is 10.1. The first-order valence-electron chi connectivity index (χ1n) is 4.23. The molecule has 14 heavy (non-hydrogen) atoms. The molecule has 3 nitrogen and oxygen atoms in total. The van der Waals surface area contributed by atoms with Gasteiger partial charge in [-0.05, 0) is 12.1 Å². The van der Waals surface area contributed by atoms with Crippen molar-refractivity contribution in [1.29, 1.82) is 0 Å². The molecule has 0 fully saturated rings. The van der Waals surface area contributed by atoms with Gasteiger partial charge in [0.15, 0.2) is 11.5 Å². The molecule has 0 radical (unpaired) electrons. The Morgan fingerprint density at radius 1 is 1.07 bits per heavy atom. The molecular formula is C11H9NO2. The van der Waals surface area contributed by atoms with Crippen LogP contribution in [0.4, 0.5) is 0 Å². The summed E-state index contributed by atoms with van der Waals surface area (Å²) < 4.78 is 5.15. The van der Waals surface area contributed by atoms with E-state index in [1.165, 1.54) is 0 Å². The standard InChI is InChI=1S/C11H9NO2/c13-12-11(10-7-4-8-14-10)9-5-2-1-3-6-9/h1-8,13H/b12-11-. The molecule has 0 atom stereocenters. The molecule has 1 heterocycles. The van der Waals surface area contributed by atoms with Crippen LogP contribution >= 0.6 is 0 Å². The van der Waals surface area contributed by atoms with E-state index < -0.39 is 0 Å². The predicted octanol–water partition coefficient (Wildman–Crippen LogP) is 2.51. The van der Waals surface area contributed by atoms with E-state index in [0.29, 0.717) is 11.5 Å². The summed E-state index contributed by atoms with van der Waals surface area (Å²) in [4.78, 5) is 0. The summed E-state index contributed by atoms with van der Waals surface area (Å²) in [5.41, 5.74) is 1.26. The van der Waals surface area contributed by atoms with Crippen molar-refractivity contribution < 1.29 is 9.62 Å². The van der Waals surface area contributed by atoms with E-state index in [1.807, 2.05) is 30.3 Å². The fraction of sp³-hybridized carbons (Fsp3) is 0. The normalized spacial score (nSPS) is 11.6. The van der Waals surface area contributed by atoms with E-state index in [2.05, 4.69) is 5.16 Å². The van der Waals surface area contributed by atoms with Gasteiger partial charge < -0.3 is 9.62 Å². The van der Waals surface area contributed by atoms with Crippen LogP contribution < -0.4 is 0 Å². The van der Waals surface area contributed by atoms with Crippen molar-refractivity contribution in [1.82, 2.24) is 0 Å². The van der Waals surface area contributed by atoms with Crippen molar-refractivity contribution in [3.8, 4) is 0 Å². The fourth-order valence-electron chi connectivity index (χ4n) is 1.26. The van der Waals surface area contributed by atoms with Gasteiger partial charge in [-0.15, -0.1) is 0 Å². The van der Waals surface area contributed by atoms with Gasteiger partial charge in [-0.3, -0.25) is 0 Å². The number of furan rings is 1. The molecule has 0 unspecified atom stereocenters. The highest BCUT2D eigenvalue weighted by Gasteiger charge is 2.08. The highest BCUT2D eigenvalue weighted by molar-refractivity contribution is 6.10. The van der Waals surface area contributed by atoms with Gasteiger partial charge in [-0.1, -0.05) is 35.5 Å². The number of benzene rings is 1. The maximum absolute atomic E-state index is 8.88. The largest absolute Gasteiger partial charge is 0.463 e. The lowest BCUT2D eigenvalue weighted by Crippen LogP contribution is -2.00. The first-order valence-corrected chi connectivity index (χ1v) is 4.23. The van der Waals surface area contributed by atoms with E-state index in [1.54, 1.807) is 18.4 Å². The fourth-order valence-corrected chi connectivity index (χ4v) is 1.26. The minimum atomic E-state index is 0.440. The van der Waals surface area contributed by atoms with Gasteiger partial charge in [0.05, 0.1) is 6.26 Å². The Labute approximate surface area is 81.3 Å². The second-order valence-electron chi connectivity index (χ2n) is 2.79. The summed E-state index contributed by atoms with van der Waals surface area (Å²) in [6, 6.07) is 12.9. The molecule has 0 saturated heterocycles. The van der Waals surface area contributed by atoms with Crippen LogP contribution in [0.5, 0.6) is 0 Å². The van der Waals surface area contributed by atoms with Crippen LogP contribution in [0.15, 0.2) is 58.3 Å². The van der Waals surface area contributed by atoms with Gasteiger partial charge in [-0.25, -0.2) is 0 Å². The molecule has 1 aromatic heterocycles. The summed E-state index contributed by atoms with van der Waals surface area (Å²) in [5.74, 6) is 0.554. The van der Waals surface area contributed by atoms with Gasteiger partial charge >= 0.3 is 0 Å². The van der Waals surface area contributed by atoms with Crippen molar-refractivity contribution in [3.63, 3.8) is 0 Å². The molecule has 0 saturated carbocycles. The molecule has 70 valence electrons. The van der Waals surface area contributed by atoms with Gasteiger partial charge in [0.2, 0.25) is 0 Å². The predicted molar refractivity (Wildman–Crippen MR) is 52.6 cm³/mol. The number of oxime groups is 1. The average molecular weight is 187 g/mol. The van der Waals surface area contributed by atoms with Crippen LogP contribution in [0, 0.1) is 0 Å². The Kier molecular flexibility index (Phi) is 2.32. The molecule has 1 N–H and O–H groups in total. The number of hydrogen-bond acceptors (Lipinski definition) is 3. The van der Waals surface area contributed by atoms with Crippen LogP contribution in [0.3, 0.4) is 0 Å². The van der Waals surface area contributed by atoms with Gasteiger partial charge in [0, 0.05) is 5.56 Å². The van der Waals surface area contributed by atoms with Crippen LogP contribution in [0.25, 0.3) is 0 Å². The summed E-state index contributed by atoms with van der Waals surface area (Å²) in [7, 11) is 0. The second kappa shape index (κ2) is 3.79. The topological polar surface area (TPSA) is 45.7 Å². The Morgan fingerprint density at radius 3 is 2.43 bits per heavy atom. The monoisotopic (exact) mass is 187 g/mol. The highest BCUT2D eigenvalue weighted by atomic mass is 16.4. The number of rotatable bonds is 2. The van der Waals surface area contributed by atoms with Gasteiger partial charge in [0.25, 0.3) is 0 Å². The Morgan fingerprint density at radius 2 is 1.86 bits per heavy atom. The summed E-state index contributed by atoms with van der Waals surface area (Å²) in [6.07, 6.45) is 1.55. The van der Waals surface area contributed by atoms with E-state index in [-0.39, 0.29) is 0 Å². The van der Waals surface area contributed by atoms with E-state index in [0.717, 1.165) is 5.56 Å². The third-order valence-corrected chi connectivity index (χ3v) is 1.90. The summed E-state index contributed by atoms with van der Waals surface area (Å²) in [6.45, 7) is 0. The summed E-state index contributed by atoms with van der Waals surface area (Å²) in [5, 5.41) is 12.1. The van der Waals surface area contributed by atoms with Crippen LogP contribution in [-0.4, -0.2) is 10.9 Å². The molecule has 0 aliphatic rings. The zero-order chi connectivity index (χ0) is 9.80. The van der Waals surface area contributed by atoms with E-state index in [4.69, 9.17) is 9.62 Å². The molecule has 0 amide bonds. The molecule has 1 aromatic carbocycles. The highest BCUT2D eigenvalue weighted by Crippen LogP contribution is 2.10. The van der Waals surface area contributed by atoms with Gasteiger partial charge in [-0.2, -0.15) is 0 Å². The zero-order valence-electron chi connectivity index (χ0n) is 7.42. The number of nitrogens with zero attached hydrogens (tertiary/aromatic N) is 1. The third kappa shape index (κ3) is 1.52. The van der Waals surface area contributed by atoms with Crippen LogP contribution in [0.1, 0.15) is 11.3 Å². The zero-order valence-corrected chi connectivity index (χ0v) is 7.42. The SMILES string of the molecule is O/N=C(/c1ccccc1)c1ccco1. The molecule has 2 aromatic rings. The number of hydrogen-bond donors (Lipinski definition) is 1. The molecule has 0 spiro atoms. The van der Waals surface area contributed by atoms with Crippen LogP contribution in [0.2, 0.25) is 0 Å². The Hall–Kier alpha value is -2.03. The maximum Gasteiger partial charge on any atom is 0.156 e. The minimum absolute atomic E-state index is 0.440. The van der Waals surface area contributed by atoms with Crippen molar-refractivity contribution >= 4 is 5.71 Å². The van der Waals surface area contributed by atoms with Crippen molar-refractivity contribution in [2.24, 2.45) is 5.16 Å². The third-order valence-electron chi connectivity index (χ3n) is 1.90. The Balaban J connectivity index is 2.43. The van der Waals surface area contributed by atoms with Crippen LogP contribution in [-0.2, 0) is 0 Å². The molecule has 2 rings (SSSR count). The average Bonchev–Trinajstić information content (AvgIpc) is 2.74.